The maximum absolute atomic E-state index is 14.8. The van der Waals surface area contributed by atoms with Crippen LogP contribution in [0.1, 0.15) is 18.9 Å². The third-order valence-electron chi connectivity index (χ3n) is 5.67. The lowest BCUT2D eigenvalue weighted by Gasteiger charge is -2.25. The number of aliphatic hydroxyl groups is 1. The van der Waals surface area contributed by atoms with Crippen LogP contribution in [0.5, 0.6) is 5.75 Å². The third kappa shape index (κ3) is 4.97. The predicted molar refractivity (Wildman–Crippen MR) is 113 cm³/mol. The van der Waals surface area contributed by atoms with Gasteiger partial charge in [-0.05, 0) is 18.6 Å². The van der Waals surface area contributed by atoms with E-state index in [-0.39, 0.29) is 18.8 Å². The fourth-order valence-electron chi connectivity index (χ4n) is 3.92. The molecule has 1 saturated heterocycles. The van der Waals surface area contributed by atoms with E-state index in [9.17, 15) is 32.8 Å². The van der Waals surface area contributed by atoms with Gasteiger partial charge in [-0.1, -0.05) is 18.2 Å². The number of ether oxygens (including phenoxy) is 1. The van der Waals surface area contributed by atoms with Crippen molar-refractivity contribution in [2.45, 2.75) is 37.0 Å². The number of H-pyrrole nitrogens is 1. The van der Waals surface area contributed by atoms with Crippen molar-refractivity contribution in [1.82, 2.24) is 14.6 Å². The third-order valence-corrected chi connectivity index (χ3v) is 7.24. The molecule has 0 bridgehead atoms. The summed E-state index contributed by atoms with van der Waals surface area (Å²) in [6, 6.07) is 6.04. The number of nitrogens with zero attached hydrogens (tertiary/aromatic N) is 1. The zero-order valence-corrected chi connectivity index (χ0v) is 18.5. The molecular formula is C20H22F2N3O8P. The van der Waals surface area contributed by atoms with Crippen molar-refractivity contribution in [2.75, 3.05) is 13.2 Å². The molecule has 14 heteroatoms. The molecule has 2 heterocycles. The molecule has 1 aliphatic heterocycles. The van der Waals surface area contributed by atoms with Gasteiger partial charge in [0.05, 0.1) is 13.2 Å². The minimum absolute atomic E-state index is 0.102. The number of esters is 1. The van der Waals surface area contributed by atoms with Crippen LogP contribution >= 0.6 is 7.75 Å². The summed E-state index contributed by atoms with van der Waals surface area (Å²) in [5, 5.41) is 12.7. The molecular weight excluding hydrogens is 479 g/mol. The summed E-state index contributed by atoms with van der Waals surface area (Å²) in [4.78, 5) is 37.0. The van der Waals surface area contributed by atoms with E-state index >= 15 is 0 Å². The Balaban J connectivity index is 1.53. The van der Waals surface area contributed by atoms with Gasteiger partial charge in [-0.15, -0.1) is 0 Å². The molecule has 1 saturated carbocycles. The summed E-state index contributed by atoms with van der Waals surface area (Å²) in [5.74, 6) is -5.52. The van der Waals surface area contributed by atoms with Gasteiger partial charge in [0, 0.05) is 24.6 Å². The maximum Gasteiger partial charge on any atom is 0.459 e. The van der Waals surface area contributed by atoms with Crippen LogP contribution in [0.3, 0.4) is 0 Å². The van der Waals surface area contributed by atoms with Gasteiger partial charge < -0.3 is 14.4 Å². The van der Waals surface area contributed by atoms with Crippen LogP contribution in [0, 0.1) is 5.92 Å². The average Bonchev–Trinajstić information content (AvgIpc) is 3.28. The number of hydrogen-bond acceptors (Lipinski definition) is 8. The van der Waals surface area contributed by atoms with Crippen LogP contribution in [-0.4, -0.2) is 51.9 Å². The molecule has 11 nitrogen and oxygen atoms in total. The quantitative estimate of drug-likeness (QED) is 0.358. The average molecular weight is 501 g/mol. The van der Waals surface area contributed by atoms with E-state index in [2.05, 4.69) is 5.09 Å². The minimum atomic E-state index is -4.28. The van der Waals surface area contributed by atoms with Crippen molar-refractivity contribution in [3.05, 3.63) is 63.4 Å². The Morgan fingerprint density at radius 2 is 1.97 bits per heavy atom. The molecule has 34 heavy (non-hydrogen) atoms. The van der Waals surface area contributed by atoms with Gasteiger partial charge in [-0.3, -0.25) is 23.7 Å². The number of aromatic amines is 1. The first-order valence-electron chi connectivity index (χ1n) is 10.4. The SMILES string of the molecule is O=C1OCC[C@@H]1N[P@@](=O)(OC[C@H]1C[C@@H](n2ccc(=O)[nH]c2=O)C(F)(F)[C@@H]1O)Oc1ccccc1. The van der Waals surface area contributed by atoms with Crippen LogP contribution in [0.2, 0.25) is 0 Å². The molecule has 3 N–H and O–H groups in total. The molecule has 0 spiro atoms. The number of nitrogens with one attached hydrogen (secondary N) is 2. The number of carbonyl (C=O) groups excluding carboxylic acids is 1. The van der Waals surface area contributed by atoms with Crippen LogP contribution in [0.25, 0.3) is 0 Å². The summed E-state index contributed by atoms with van der Waals surface area (Å²) in [5.41, 5.74) is -1.80. The Kier molecular flexibility index (Phi) is 6.72. The van der Waals surface area contributed by atoms with Gasteiger partial charge in [0.25, 0.3) is 11.5 Å². The number of para-hydroxylation sites is 1. The Labute approximate surface area is 191 Å². The second kappa shape index (κ2) is 9.41. The Bertz CT molecular complexity index is 1200. The number of rotatable bonds is 8. The van der Waals surface area contributed by atoms with E-state index in [1.165, 1.54) is 12.1 Å². The molecule has 4 rings (SSSR count). The highest BCUT2D eigenvalue weighted by Crippen LogP contribution is 2.50. The lowest BCUT2D eigenvalue weighted by Crippen LogP contribution is -2.42. The van der Waals surface area contributed by atoms with E-state index < -0.39 is 68.0 Å². The summed E-state index contributed by atoms with van der Waals surface area (Å²) in [6.07, 6.45) is -1.53. The normalized spacial score (nSPS) is 27.8. The van der Waals surface area contributed by atoms with Gasteiger partial charge in [-0.2, -0.15) is 5.09 Å². The summed E-state index contributed by atoms with van der Waals surface area (Å²) < 4.78 is 59.4. The largest absolute Gasteiger partial charge is 0.464 e. The van der Waals surface area contributed by atoms with E-state index in [0.29, 0.717) is 4.57 Å². The molecule has 5 atom stereocenters. The molecule has 2 aliphatic rings. The van der Waals surface area contributed by atoms with Gasteiger partial charge >= 0.3 is 19.4 Å². The molecule has 2 fully saturated rings. The van der Waals surface area contributed by atoms with Crippen LogP contribution in [-0.2, 0) is 18.6 Å². The summed E-state index contributed by atoms with van der Waals surface area (Å²) in [7, 11) is -4.28. The lowest BCUT2D eigenvalue weighted by molar-refractivity contribution is -0.139. The molecule has 1 aromatic carbocycles. The van der Waals surface area contributed by atoms with Crippen LogP contribution in [0.4, 0.5) is 8.78 Å². The molecule has 184 valence electrons. The second-order valence-corrected chi connectivity index (χ2v) is 9.68. The number of aliphatic hydroxyl groups excluding tert-OH is 1. The standard InChI is InChI=1S/C20H22F2N3O8P/c21-20(22)15(25-8-6-16(26)23-19(25)29)10-12(17(20)27)11-32-34(30,24-14-7-9-31-18(14)28)33-13-4-2-1-3-5-13/h1-6,8,12,14-15,17,27H,7,9-11H2,(H,24,30)(H,23,26,29)/t12-,14+,15-,17-,34-/m1/s1. The maximum atomic E-state index is 14.8. The summed E-state index contributed by atoms with van der Waals surface area (Å²) in [6.45, 7) is -0.533. The van der Waals surface area contributed by atoms with E-state index in [1.54, 1.807) is 18.2 Å². The van der Waals surface area contributed by atoms with Crippen molar-refractivity contribution < 1.29 is 37.0 Å². The number of carbonyl (C=O) groups is 1. The van der Waals surface area contributed by atoms with Crippen molar-refractivity contribution in [3.63, 3.8) is 0 Å². The highest BCUT2D eigenvalue weighted by Gasteiger charge is 2.58. The smallest absolute Gasteiger partial charge is 0.459 e. The number of aromatic nitrogens is 2. The molecule has 0 unspecified atom stereocenters. The fourth-order valence-corrected chi connectivity index (χ4v) is 5.51. The molecule has 2 aromatic rings. The van der Waals surface area contributed by atoms with Crippen molar-refractivity contribution >= 4 is 13.7 Å². The van der Waals surface area contributed by atoms with E-state index in [1.807, 2.05) is 4.98 Å². The number of benzene rings is 1. The zero-order valence-electron chi connectivity index (χ0n) is 17.6. The Hall–Kier alpha value is -2.86. The van der Waals surface area contributed by atoms with Gasteiger partial charge in [0.15, 0.2) is 0 Å². The van der Waals surface area contributed by atoms with Crippen molar-refractivity contribution in [3.8, 4) is 5.75 Å². The topological polar surface area (TPSA) is 149 Å². The van der Waals surface area contributed by atoms with Crippen LogP contribution < -0.4 is 20.9 Å². The van der Waals surface area contributed by atoms with E-state index in [0.717, 1.165) is 12.3 Å². The summed E-state index contributed by atoms with van der Waals surface area (Å²) >= 11 is 0. The monoisotopic (exact) mass is 501 g/mol. The number of hydrogen-bond donors (Lipinski definition) is 3. The highest BCUT2D eigenvalue weighted by atomic mass is 31.2. The fraction of sp³-hybridized carbons (Fsp3) is 0.450. The number of alkyl halides is 2. The second-order valence-electron chi connectivity index (χ2n) is 7.98. The highest BCUT2D eigenvalue weighted by molar-refractivity contribution is 7.52. The first-order chi connectivity index (χ1) is 16.1. The molecule has 0 radical (unpaired) electrons. The first-order valence-corrected chi connectivity index (χ1v) is 11.9. The molecule has 0 amide bonds. The van der Waals surface area contributed by atoms with Crippen molar-refractivity contribution in [2.24, 2.45) is 5.92 Å². The molecule has 1 aliphatic carbocycles. The van der Waals surface area contributed by atoms with Gasteiger partial charge in [-0.25, -0.2) is 18.1 Å². The lowest BCUT2D eigenvalue weighted by atomic mass is 10.1. The Morgan fingerprint density at radius 3 is 2.62 bits per heavy atom. The number of halogens is 2. The van der Waals surface area contributed by atoms with Crippen molar-refractivity contribution in [1.29, 1.82) is 0 Å². The Morgan fingerprint density at radius 1 is 1.24 bits per heavy atom. The zero-order chi connectivity index (χ0) is 24.5. The molecule has 1 aromatic heterocycles. The van der Waals surface area contributed by atoms with Crippen LogP contribution in [0.15, 0.2) is 52.2 Å². The number of cyclic esters (lactones) is 1. The van der Waals surface area contributed by atoms with Gasteiger partial charge in [0.2, 0.25) is 0 Å². The first kappa shape index (κ1) is 24.3. The minimum Gasteiger partial charge on any atom is -0.464 e. The predicted octanol–water partition coefficient (Wildman–Crippen LogP) is 1.20. The van der Waals surface area contributed by atoms with E-state index in [4.69, 9.17) is 13.8 Å². The van der Waals surface area contributed by atoms with Gasteiger partial charge in [0.1, 0.15) is 23.9 Å².